The summed E-state index contributed by atoms with van der Waals surface area (Å²) in [4.78, 5) is 11.9. The summed E-state index contributed by atoms with van der Waals surface area (Å²) in [6.07, 6.45) is 0. The fourth-order valence-corrected chi connectivity index (χ4v) is 1.45. The highest BCUT2D eigenvalue weighted by molar-refractivity contribution is 5.75. The molecule has 0 aliphatic rings. The van der Waals surface area contributed by atoms with Crippen molar-refractivity contribution in [3.8, 4) is 0 Å². The SMILES string of the molecule is CC(C)[C@H](C)NC(=O)Cn1nnnc1C(C)(C)C. The zero-order valence-electron chi connectivity index (χ0n) is 12.1. The number of carbonyl (C=O) groups excluding carboxylic acids is 1. The molecule has 0 aliphatic carbocycles. The van der Waals surface area contributed by atoms with E-state index in [1.807, 2.05) is 27.7 Å². The highest BCUT2D eigenvalue weighted by Gasteiger charge is 2.23. The first-order valence-electron chi connectivity index (χ1n) is 6.28. The van der Waals surface area contributed by atoms with Gasteiger partial charge in [0.25, 0.3) is 0 Å². The number of nitrogens with zero attached hydrogens (tertiary/aromatic N) is 4. The molecule has 6 heteroatoms. The van der Waals surface area contributed by atoms with Crippen LogP contribution in [0.5, 0.6) is 0 Å². The quantitative estimate of drug-likeness (QED) is 0.873. The summed E-state index contributed by atoms with van der Waals surface area (Å²) in [6.45, 7) is 12.4. The number of tetrazole rings is 1. The summed E-state index contributed by atoms with van der Waals surface area (Å²) in [5, 5.41) is 14.4. The Kier molecular flexibility index (Phi) is 4.43. The van der Waals surface area contributed by atoms with Crippen LogP contribution >= 0.6 is 0 Å². The molecular weight excluding hydrogens is 230 g/mol. The molecular formula is C12H23N5O. The first kappa shape index (κ1) is 14.6. The zero-order valence-corrected chi connectivity index (χ0v) is 12.1. The summed E-state index contributed by atoms with van der Waals surface area (Å²) >= 11 is 0. The Morgan fingerprint density at radius 2 is 1.94 bits per heavy atom. The molecule has 0 aromatic carbocycles. The third-order valence-corrected chi connectivity index (χ3v) is 2.88. The Morgan fingerprint density at radius 1 is 1.33 bits per heavy atom. The number of rotatable bonds is 4. The molecule has 0 bridgehead atoms. The van der Waals surface area contributed by atoms with Crippen molar-refractivity contribution in [1.82, 2.24) is 25.5 Å². The van der Waals surface area contributed by atoms with Crippen LogP contribution in [0, 0.1) is 5.92 Å². The number of aromatic nitrogens is 4. The molecule has 0 fully saturated rings. The van der Waals surface area contributed by atoms with Crippen LogP contribution in [0.4, 0.5) is 0 Å². The molecule has 0 saturated carbocycles. The summed E-state index contributed by atoms with van der Waals surface area (Å²) in [5.74, 6) is 1.06. The summed E-state index contributed by atoms with van der Waals surface area (Å²) in [6, 6.07) is 0.145. The lowest BCUT2D eigenvalue weighted by Gasteiger charge is -2.19. The standard InChI is InChI=1S/C12H23N5O/c1-8(2)9(3)13-10(18)7-17-11(12(4,5)6)14-15-16-17/h8-9H,7H2,1-6H3,(H,13,18)/t9-/m0/s1. The van der Waals surface area contributed by atoms with Crippen molar-refractivity contribution in [2.24, 2.45) is 5.92 Å². The normalized spacial score (nSPS) is 13.7. The van der Waals surface area contributed by atoms with E-state index in [0.29, 0.717) is 5.92 Å². The van der Waals surface area contributed by atoms with Crippen LogP contribution in [0.1, 0.15) is 47.4 Å². The van der Waals surface area contributed by atoms with Gasteiger partial charge in [0, 0.05) is 11.5 Å². The van der Waals surface area contributed by atoms with Gasteiger partial charge in [-0.2, -0.15) is 0 Å². The van der Waals surface area contributed by atoms with Gasteiger partial charge in [-0.3, -0.25) is 4.79 Å². The number of carbonyl (C=O) groups is 1. The first-order valence-corrected chi connectivity index (χ1v) is 6.28. The molecule has 0 spiro atoms. The van der Waals surface area contributed by atoms with Crippen LogP contribution in [0.15, 0.2) is 0 Å². The van der Waals surface area contributed by atoms with Crippen LogP contribution in [-0.2, 0) is 16.8 Å². The van der Waals surface area contributed by atoms with Gasteiger partial charge in [-0.25, -0.2) is 4.68 Å². The van der Waals surface area contributed by atoms with E-state index in [9.17, 15) is 4.79 Å². The van der Waals surface area contributed by atoms with Crippen molar-refractivity contribution in [3.63, 3.8) is 0 Å². The Labute approximate surface area is 108 Å². The van der Waals surface area contributed by atoms with Crippen molar-refractivity contribution in [2.45, 2.75) is 59.5 Å². The van der Waals surface area contributed by atoms with Gasteiger partial charge in [0.15, 0.2) is 5.82 Å². The lowest BCUT2D eigenvalue weighted by molar-refractivity contribution is -0.122. The van der Waals surface area contributed by atoms with Crippen molar-refractivity contribution in [1.29, 1.82) is 0 Å². The molecule has 0 unspecified atom stereocenters. The van der Waals surface area contributed by atoms with Crippen molar-refractivity contribution >= 4 is 5.91 Å². The Balaban J connectivity index is 2.69. The van der Waals surface area contributed by atoms with Crippen LogP contribution in [-0.4, -0.2) is 32.2 Å². The van der Waals surface area contributed by atoms with Gasteiger partial charge in [-0.15, -0.1) is 5.10 Å². The van der Waals surface area contributed by atoms with Crippen LogP contribution in [0.25, 0.3) is 0 Å². The van der Waals surface area contributed by atoms with E-state index in [1.165, 1.54) is 0 Å². The van der Waals surface area contributed by atoms with Gasteiger partial charge >= 0.3 is 0 Å². The molecule has 1 aromatic rings. The minimum absolute atomic E-state index is 0.0611. The predicted octanol–water partition coefficient (Wildman–Crippen LogP) is 1.13. The van der Waals surface area contributed by atoms with E-state index in [1.54, 1.807) is 4.68 Å². The number of hydrogen-bond acceptors (Lipinski definition) is 4. The minimum atomic E-state index is -0.173. The molecule has 1 N–H and O–H groups in total. The second kappa shape index (κ2) is 5.46. The minimum Gasteiger partial charge on any atom is -0.352 e. The van der Waals surface area contributed by atoms with Gasteiger partial charge in [0.1, 0.15) is 6.54 Å². The number of amides is 1. The van der Waals surface area contributed by atoms with Crippen molar-refractivity contribution in [2.75, 3.05) is 0 Å². The van der Waals surface area contributed by atoms with Crippen LogP contribution in [0.3, 0.4) is 0 Å². The molecule has 1 rings (SSSR count). The monoisotopic (exact) mass is 253 g/mol. The molecule has 1 aromatic heterocycles. The highest BCUT2D eigenvalue weighted by atomic mass is 16.2. The summed E-state index contributed by atoms with van der Waals surface area (Å²) in [5.41, 5.74) is -0.173. The maximum Gasteiger partial charge on any atom is 0.242 e. The summed E-state index contributed by atoms with van der Waals surface area (Å²) in [7, 11) is 0. The molecule has 0 aliphatic heterocycles. The topological polar surface area (TPSA) is 72.7 Å². The largest absolute Gasteiger partial charge is 0.352 e. The fourth-order valence-electron chi connectivity index (χ4n) is 1.45. The molecule has 1 heterocycles. The lowest BCUT2D eigenvalue weighted by Crippen LogP contribution is -2.39. The third-order valence-electron chi connectivity index (χ3n) is 2.88. The third kappa shape index (κ3) is 3.78. The highest BCUT2D eigenvalue weighted by Crippen LogP contribution is 2.18. The maximum absolute atomic E-state index is 11.9. The van der Waals surface area contributed by atoms with Crippen LogP contribution < -0.4 is 5.32 Å². The molecule has 0 saturated heterocycles. The molecule has 1 atom stereocenters. The Morgan fingerprint density at radius 3 is 2.44 bits per heavy atom. The van der Waals surface area contributed by atoms with E-state index in [0.717, 1.165) is 5.82 Å². The van der Waals surface area contributed by atoms with Crippen molar-refractivity contribution < 1.29 is 4.79 Å². The average Bonchev–Trinajstić information content (AvgIpc) is 2.64. The molecule has 1 amide bonds. The van der Waals surface area contributed by atoms with Crippen LogP contribution in [0.2, 0.25) is 0 Å². The maximum atomic E-state index is 11.9. The van der Waals surface area contributed by atoms with E-state index < -0.39 is 0 Å². The lowest BCUT2D eigenvalue weighted by atomic mass is 9.96. The summed E-state index contributed by atoms with van der Waals surface area (Å²) < 4.78 is 1.56. The van der Waals surface area contributed by atoms with E-state index in [4.69, 9.17) is 0 Å². The number of nitrogens with one attached hydrogen (secondary N) is 1. The number of hydrogen-bond donors (Lipinski definition) is 1. The zero-order chi connectivity index (χ0) is 13.9. The van der Waals surface area contributed by atoms with E-state index >= 15 is 0 Å². The molecule has 18 heavy (non-hydrogen) atoms. The Bertz CT molecular complexity index is 405. The van der Waals surface area contributed by atoms with E-state index in [2.05, 4.69) is 34.7 Å². The van der Waals surface area contributed by atoms with Gasteiger partial charge < -0.3 is 5.32 Å². The van der Waals surface area contributed by atoms with E-state index in [-0.39, 0.29) is 23.9 Å². The van der Waals surface area contributed by atoms with Crippen molar-refractivity contribution in [3.05, 3.63) is 5.82 Å². The van der Waals surface area contributed by atoms with Gasteiger partial charge in [-0.1, -0.05) is 34.6 Å². The van der Waals surface area contributed by atoms with Gasteiger partial charge in [-0.05, 0) is 23.3 Å². The fraction of sp³-hybridized carbons (Fsp3) is 0.833. The second-order valence-corrected chi connectivity index (χ2v) is 6.01. The molecule has 102 valence electrons. The first-order chi connectivity index (χ1) is 8.21. The molecule has 6 nitrogen and oxygen atoms in total. The van der Waals surface area contributed by atoms with Gasteiger partial charge in [0.05, 0.1) is 0 Å². The van der Waals surface area contributed by atoms with Gasteiger partial charge in [0.2, 0.25) is 5.91 Å². The second-order valence-electron chi connectivity index (χ2n) is 6.01. The molecule has 0 radical (unpaired) electrons. The smallest absolute Gasteiger partial charge is 0.242 e. The predicted molar refractivity (Wildman–Crippen MR) is 69.0 cm³/mol. The average molecular weight is 253 g/mol. The Hall–Kier alpha value is -1.46.